The molecule has 1 unspecified atom stereocenters. The van der Waals surface area contributed by atoms with Gasteiger partial charge in [-0.15, -0.1) is 0 Å². The third kappa shape index (κ3) is 11.9. The minimum absolute atomic E-state index is 0.0422. The minimum Gasteiger partial charge on any atom is -0.308 e. The van der Waals surface area contributed by atoms with Gasteiger partial charge in [0.2, 0.25) is 0 Å². The SMILES string of the molecule is CCCCCCCCCC(C#N)NCCN(C)C. The second-order valence-electron chi connectivity index (χ2n) is 5.35. The molecule has 0 aliphatic heterocycles. The van der Waals surface area contributed by atoms with Gasteiger partial charge in [-0.1, -0.05) is 51.9 Å². The lowest BCUT2D eigenvalue weighted by Crippen LogP contribution is -2.33. The lowest BCUT2D eigenvalue weighted by atomic mass is 10.1. The van der Waals surface area contributed by atoms with E-state index in [1.165, 1.54) is 44.9 Å². The van der Waals surface area contributed by atoms with E-state index in [0.717, 1.165) is 19.5 Å². The molecular weight excluding hydrogens is 222 g/mol. The van der Waals surface area contributed by atoms with Gasteiger partial charge in [-0.2, -0.15) is 5.26 Å². The fraction of sp³-hybridized carbons (Fsp3) is 0.933. The summed E-state index contributed by atoms with van der Waals surface area (Å²) in [6.07, 6.45) is 10.2. The number of nitriles is 1. The van der Waals surface area contributed by atoms with Crippen LogP contribution in [0.2, 0.25) is 0 Å². The Kier molecular flexibility index (Phi) is 12.4. The molecule has 1 N–H and O–H groups in total. The standard InChI is InChI=1S/C15H31N3/c1-4-5-6-7-8-9-10-11-15(14-16)17-12-13-18(2)3/h15,17H,4-13H2,1-3H3. The largest absolute Gasteiger partial charge is 0.308 e. The number of likely N-dealkylation sites (N-methyl/N-ethyl adjacent to an activating group) is 1. The van der Waals surface area contributed by atoms with Crippen LogP contribution in [0.3, 0.4) is 0 Å². The van der Waals surface area contributed by atoms with E-state index in [1.807, 2.05) is 0 Å². The van der Waals surface area contributed by atoms with Crippen molar-refractivity contribution in [2.45, 2.75) is 64.3 Å². The first-order chi connectivity index (χ1) is 8.70. The Balaban J connectivity index is 3.36. The van der Waals surface area contributed by atoms with Gasteiger partial charge < -0.3 is 10.2 Å². The highest BCUT2D eigenvalue weighted by molar-refractivity contribution is 4.89. The van der Waals surface area contributed by atoms with Crippen LogP contribution in [0.15, 0.2) is 0 Å². The van der Waals surface area contributed by atoms with Crippen molar-refractivity contribution in [1.82, 2.24) is 10.2 Å². The summed E-state index contributed by atoms with van der Waals surface area (Å²) in [5, 5.41) is 12.3. The monoisotopic (exact) mass is 253 g/mol. The van der Waals surface area contributed by atoms with Gasteiger partial charge in [0.25, 0.3) is 0 Å². The van der Waals surface area contributed by atoms with Crippen molar-refractivity contribution in [3.05, 3.63) is 0 Å². The molecule has 0 fully saturated rings. The highest BCUT2D eigenvalue weighted by atomic mass is 15.1. The maximum atomic E-state index is 9.04. The summed E-state index contributed by atoms with van der Waals surface area (Å²) in [4.78, 5) is 2.13. The van der Waals surface area contributed by atoms with Crippen LogP contribution in [0.4, 0.5) is 0 Å². The molecule has 0 radical (unpaired) electrons. The van der Waals surface area contributed by atoms with E-state index in [2.05, 4.69) is 37.3 Å². The van der Waals surface area contributed by atoms with Gasteiger partial charge in [0.1, 0.15) is 0 Å². The van der Waals surface area contributed by atoms with Crippen molar-refractivity contribution in [3.8, 4) is 6.07 Å². The smallest absolute Gasteiger partial charge is 0.0953 e. The normalized spacial score (nSPS) is 12.6. The van der Waals surface area contributed by atoms with Crippen LogP contribution < -0.4 is 5.32 Å². The molecule has 0 heterocycles. The van der Waals surface area contributed by atoms with E-state index in [0.29, 0.717) is 0 Å². The van der Waals surface area contributed by atoms with E-state index in [4.69, 9.17) is 5.26 Å². The molecule has 0 spiro atoms. The van der Waals surface area contributed by atoms with Gasteiger partial charge in [-0.3, -0.25) is 0 Å². The molecule has 0 amide bonds. The molecule has 3 nitrogen and oxygen atoms in total. The topological polar surface area (TPSA) is 39.1 Å². The van der Waals surface area contributed by atoms with Crippen LogP contribution in [-0.2, 0) is 0 Å². The molecule has 1 atom stereocenters. The van der Waals surface area contributed by atoms with Crippen molar-refractivity contribution in [2.75, 3.05) is 27.2 Å². The zero-order chi connectivity index (χ0) is 13.6. The van der Waals surface area contributed by atoms with Gasteiger partial charge in [-0.05, 0) is 20.5 Å². The molecule has 0 saturated heterocycles. The number of hydrogen-bond donors (Lipinski definition) is 1. The molecule has 0 bridgehead atoms. The molecule has 18 heavy (non-hydrogen) atoms. The van der Waals surface area contributed by atoms with Crippen molar-refractivity contribution in [2.24, 2.45) is 0 Å². The van der Waals surface area contributed by atoms with Crippen LogP contribution in [0, 0.1) is 11.3 Å². The molecule has 0 aromatic carbocycles. The highest BCUT2D eigenvalue weighted by Gasteiger charge is 2.05. The Morgan fingerprint density at radius 2 is 1.67 bits per heavy atom. The molecule has 0 rings (SSSR count). The van der Waals surface area contributed by atoms with E-state index < -0.39 is 0 Å². The Morgan fingerprint density at radius 1 is 1.06 bits per heavy atom. The van der Waals surface area contributed by atoms with E-state index >= 15 is 0 Å². The van der Waals surface area contributed by atoms with E-state index in [9.17, 15) is 0 Å². The predicted molar refractivity (Wildman–Crippen MR) is 78.6 cm³/mol. The van der Waals surface area contributed by atoms with Crippen LogP contribution in [-0.4, -0.2) is 38.1 Å². The molecule has 0 aliphatic rings. The third-order valence-corrected chi connectivity index (χ3v) is 3.20. The van der Waals surface area contributed by atoms with Gasteiger partial charge in [0, 0.05) is 13.1 Å². The second-order valence-corrected chi connectivity index (χ2v) is 5.35. The van der Waals surface area contributed by atoms with Gasteiger partial charge in [0.15, 0.2) is 0 Å². The number of unbranched alkanes of at least 4 members (excludes halogenated alkanes) is 6. The summed E-state index contributed by atoms with van der Waals surface area (Å²) in [6.45, 7) is 4.15. The van der Waals surface area contributed by atoms with Crippen molar-refractivity contribution >= 4 is 0 Å². The van der Waals surface area contributed by atoms with Crippen LogP contribution in [0.5, 0.6) is 0 Å². The number of hydrogen-bond acceptors (Lipinski definition) is 3. The van der Waals surface area contributed by atoms with Crippen LogP contribution >= 0.6 is 0 Å². The molecule has 0 aromatic heterocycles. The zero-order valence-corrected chi connectivity index (χ0v) is 12.5. The molecule has 0 aliphatic carbocycles. The van der Waals surface area contributed by atoms with Gasteiger partial charge >= 0.3 is 0 Å². The quantitative estimate of drug-likeness (QED) is 0.543. The van der Waals surface area contributed by atoms with E-state index in [-0.39, 0.29) is 6.04 Å². The number of nitrogens with one attached hydrogen (secondary N) is 1. The second kappa shape index (κ2) is 12.9. The predicted octanol–water partition coefficient (Wildman–Crippen LogP) is 3.17. The average molecular weight is 253 g/mol. The summed E-state index contributed by atoms with van der Waals surface area (Å²) < 4.78 is 0. The molecule has 0 saturated carbocycles. The molecule has 0 aromatic rings. The summed E-state index contributed by atoms with van der Waals surface area (Å²) in [5.74, 6) is 0. The number of rotatable bonds is 12. The fourth-order valence-corrected chi connectivity index (χ4v) is 1.98. The summed E-state index contributed by atoms with van der Waals surface area (Å²) in [7, 11) is 4.11. The summed E-state index contributed by atoms with van der Waals surface area (Å²) >= 11 is 0. The van der Waals surface area contributed by atoms with Crippen molar-refractivity contribution in [1.29, 1.82) is 5.26 Å². The maximum Gasteiger partial charge on any atom is 0.0953 e. The Hall–Kier alpha value is -0.590. The lowest BCUT2D eigenvalue weighted by Gasteiger charge is -2.14. The molecule has 3 heteroatoms. The lowest BCUT2D eigenvalue weighted by molar-refractivity contribution is 0.388. The Morgan fingerprint density at radius 3 is 2.22 bits per heavy atom. The maximum absolute atomic E-state index is 9.04. The van der Waals surface area contributed by atoms with Crippen molar-refractivity contribution in [3.63, 3.8) is 0 Å². The fourth-order valence-electron chi connectivity index (χ4n) is 1.98. The van der Waals surface area contributed by atoms with Gasteiger partial charge in [0.05, 0.1) is 12.1 Å². The first-order valence-electron chi connectivity index (χ1n) is 7.48. The highest BCUT2D eigenvalue weighted by Crippen LogP contribution is 2.09. The zero-order valence-electron chi connectivity index (χ0n) is 12.5. The minimum atomic E-state index is 0.0422. The first kappa shape index (κ1) is 17.4. The summed E-state index contributed by atoms with van der Waals surface area (Å²) in [6, 6.07) is 2.40. The van der Waals surface area contributed by atoms with Crippen LogP contribution in [0.1, 0.15) is 58.3 Å². The Bertz CT molecular complexity index is 208. The van der Waals surface area contributed by atoms with Gasteiger partial charge in [-0.25, -0.2) is 0 Å². The molecular formula is C15H31N3. The first-order valence-corrected chi connectivity index (χ1v) is 7.48. The average Bonchev–Trinajstić information content (AvgIpc) is 2.35. The van der Waals surface area contributed by atoms with Crippen LogP contribution in [0.25, 0.3) is 0 Å². The number of nitrogens with zero attached hydrogens (tertiary/aromatic N) is 2. The van der Waals surface area contributed by atoms with Crippen molar-refractivity contribution < 1.29 is 0 Å². The molecule has 106 valence electrons. The Labute approximate surface area is 114 Å². The third-order valence-electron chi connectivity index (χ3n) is 3.20. The summed E-state index contributed by atoms with van der Waals surface area (Å²) in [5.41, 5.74) is 0. The van der Waals surface area contributed by atoms with E-state index in [1.54, 1.807) is 0 Å².